The second-order valence-corrected chi connectivity index (χ2v) is 7.12. The van der Waals surface area contributed by atoms with Crippen LogP contribution < -0.4 is 0 Å². The van der Waals surface area contributed by atoms with Gasteiger partial charge < -0.3 is 9.84 Å². The molecule has 1 saturated heterocycles. The van der Waals surface area contributed by atoms with Crippen LogP contribution in [-0.2, 0) is 19.7 Å². The first-order valence-corrected chi connectivity index (χ1v) is 7.59. The molecule has 0 aromatic heterocycles. The average molecular weight is 294 g/mol. The molecular weight excluding hydrogens is 272 g/mol. The number of piperidine rings is 1. The fourth-order valence-electron chi connectivity index (χ4n) is 2.03. The maximum absolute atomic E-state index is 12.3. The molecule has 0 aromatic rings. The zero-order chi connectivity index (χ0) is 14.7. The van der Waals surface area contributed by atoms with E-state index in [1.54, 1.807) is 6.92 Å². The fourth-order valence-corrected chi connectivity index (χ4v) is 3.55. The van der Waals surface area contributed by atoms with Crippen molar-refractivity contribution in [1.82, 2.24) is 8.61 Å². The molecule has 112 valence electrons. The summed E-state index contributed by atoms with van der Waals surface area (Å²) in [4.78, 5) is 11.0. The van der Waals surface area contributed by atoms with Gasteiger partial charge in [0.05, 0.1) is 19.1 Å². The minimum atomic E-state index is -3.64. The van der Waals surface area contributed by atoms with E-state index in [0.29, 0.717) is 19.4 Å². The number of nitrogens with zero attached hydrogens (tertiary/aromatic N) is 2. The molecule has 1 unspecified atom stereocenters. The first kappa shape index (κ1) is 16.4. The highest BCUT2D eigenvalue weighted by Crippen LogP contribution is 2.23. The lowest BCUT2D eigenvalue weighted by Gasteiger charge is -2.37. The lowest BCUT2D eigenvalue weighted by atomic mass is 9.97. The molecule has 1 heterocycles. The summed E-state index contributed by atoms with van der Waals surface area (Å²) in [6.07, 6.45) is 1.22. The number of carbonyl (C=O) groups excluding carboxylic acids is 1. The van der Waals surface area contributed by atoms with Crippen molar-refractivity contribution >= 4 is 16.2 Å². The molecule has 1 aliphatic rings. The largest absolute Gasteiger partial charge is 0.469 e. The van der Waals surface area contributed by atoms with Gasteiger partial charge in [0.15, 0.2) is 0 Å². The summed E-state index contributed by atoms with van der Waals surface area (Å²) in [7, 11) is -0.957. The van der Waals surface area contributed by atoms with E-state index in [9.17, 15) is 18.3 Å². The van der Waals surface area contributed by atoms with Gasteiger partial charge in [0.25, 0.3) is 10.2 Å². The van der Waals surface area contributed by atoms with Gasteiger partial charge in [-0.15, -0.1) is 0 Å². The quantitative estimate of drug-likeness (QED) is 0.695. The summed E-state index contributed by atoms with van der Waals surface area (Å²) in [5.41, 5.74) is -0.992. The van der Waals surface area contributed by atoms with Gasteiger partial charge >= 0.3 is 5.97 Å². The Bertz CT molecular complexity index is 421. The van der Waals surface area contributed by atoms with Gasteiger partial charge in [-0.1, -0.05) is 0 Å². The monoisotopic (exact) mass is 294 g/mol. The highest BCUT2D eigenvalue weighted by atomic mass is 32.2. The van der Waals surface area contributed by atoms with Gasteiger partial charge in [0.1, 0.15) is 0 Å². The number of esters is 1. The molecule has 0 spiro atoms. The van der Waals surface area contributed by atoms with Crippen molar-refractivity contribution in [1.29, 1.82) is 0 Å². The number of aliphatic hydroxyl groups is 1. The van der Waals surface area contributed by atoms with E-state index in [4.69, 9.17) is 0 Å². The Hall–Kier alpha value is -0.700. The number of hydrogen-bond donors (Lipinski definition) is 1. The molecule has 0 aliphatic carbocycles. The SMILES string of the molecule is COC(=O)CCN(C)S(=O)(=O)N1CCCC(C)(O)C1. The maximum atomic E-state index is 12.3. The standard InChI is InChI=1S/C11H22N2O5S/c1-11(15)6-4-7-13(9-11)19(16,17)12(2)8-5-10(14)18-3/h15H,4-9H2,1-3H3. The molecule has 1 N–H and O–H groups in total. The van der Waals surface area contributed by atoms with Crippen LogP contribution in [0.3, 0.4) is 0 Å². The normalized spacial score (nSPS) is 25.5. The summed E-state index contributed by atoms with van der Waals surface area (Å²) < 4.78 is 31.4. The minimum absolute atomic E-state index is 0.0104. The van der Waals surface area contributed by atoms with E-state index in [2.05, 4.69) is 4.74 Å². The maximum Gasteiger partial charge on any atom is 0.306 e. The molecule has 0 amide bonds. The van der Waals surface area contributed by atoms with Crippen LogP contribution in [0, 0.1) is 0 Å². The Labute approximate surface area is 114 Å². The summed E-state index contributed by atoms with van der Waals surface area (Å²) in [6, 6.07) is 0. The van der Waals surface area contributed by atoms with Gasteiger partial charge in [0, 0.05) is 26.7 Å². The Balaban J connectivity index is 2.66. The number of hydrogen-bond acceptors (Lipinski definition) is 5. The molecule has 7 nitrogen and oxygen atoms in total. The second kappa shape index (κ2) is 6.17. The first-order valence-electron chi connectivity index (χ1n) is 6.20. The Morgan fingerprint density at radius 1 is 1.53 bits per heavy atom. The molecule has 0 saturated carbocycles. The zero-order valence-corrected chi connectivity index (χ0v) is 12.4. The molecule has 1 rings (SSSR count). The minimum Gasteiger partial charge on any atom is -0.469 e. The van der Waals surface area contributed by atoms with Crippen molar-refractivity contribution in [2.24, 2.45) is 0 Å². The molecule has 1 aliphatic heterocycles. The van der Waals surface area contributed by atoms with Crippen LogP contribution in [0.25, 0.3) is 0 Å². The number of carbonyl (C=O) groups is 1. The Morgan fingerprint density at radius 2 is 2.16 bits per heavy atom. The molecule has 1 atom stereocenters. The van der Waals surface area contributed by atoms with Gasteiger partial charge in [0.2, 0.25) is 0 Å². The summed E-state index contributed by atoms with van der Waals surface area (Å²) >= 11 is 0. The summed E-state index contributed by atoms with van der Waals surface area (Å²) in [5, 5.41) is 9.95. The zero-order valence-electron chi connectivity index (χ0n) is 11.6. The van der Waals surface area contributed by atoms with Crippen molar-refractivity contribution in [3.8, 4) is 0 Å². The van der Waals surface area contributed by atoms with Crippen LogP contribution in [0.1, 0.15) is 26.2 Å². The second-order valence-electron chi connectivity index (χ2n) is 5.09. The van der Waals surface area contributed by atoms with Crippen LogP contribution in [0.15, 0.2) is 0 Å². The smallest absolute Gasteiger partial charge is 0.306 e. The highest BCUT2D eigenvalue weighted by Gasteiger charge is 2.36. The third kappa shape index (κ3) is 4.41. The van der Waals surface area contributed by atoms with Crippen LogP contribution in [0.2, 0.25) is 0 Å². The van der Waals surface area contributed by atoms with Crippen molar-refractivity contribution in [2.75, 3.05) is 33.8 Å². The predicted molar refractivity (Wildman–Crippen MR) is 69.6 cm³/mol. The van der Waals surface area contributed by atoms with Gasteiger partial charge in [-0.3, -0.25) is 4.79 Å². The van der Waals surface area contributed by atoms with Crippen molar-refractivity contribution < 1.29 is 23.1 Å². The number of ether oxygens (including phenoxy) is 1. The van der Waals surface area contributed by atoms with Crippen molar-refractivity contribution in [2.45, 2.75) is 31.8 Å². The number of methoxy groups -OCH3 is 1. The van der Waals surface area contributed by atoms with Crippen molar-refractivity contribution in [3.05, 3.63) is 0 Å². The molecule has 0 radical (unpaired) electrons. The fraction of sp³-hybridized carbons (Fsp3) is 0.909. The summed E-state index contributed by atoms with van der Waals surface area (Å²) in [6.45, 7) is 2.16. The topological polar surface area (TPSA) is 87.2 Å². The van der Waals surface area contributed by atoms with Crippen LogP contribution in [0.5, 0.6) is 0 Å². The molecule has 19 heavy (non-hydrogen) atoms. The molecule has 0 aromatic carbocycles. The van der Waals surface area contributed by atoms with Gasteiger partial charge in [-0.25, -0.2) is 0 Å². The van der Waals surface area contributed by atoms with Crippen LogP contribution in [0.4, 0.5) is 0 Å². The Morgan fingerprint density at radius 3 is 2.68 bits per heavy atom. The number of rotatable bonds is 5. The number of β-amino-alcohol motifs (C(OH)–C–C–N with tert-alkyl or cyclic N) is 1. The van der Waals surface area contributed by atoms with E-state index >= 15 is 0 Å². The molecule has 1 fully saturated rings. The van der Waals surface area contributed by atoms with E-state index in [-0.39, 0.29) is 19.5 Å². The molecular formula is C11H22N2O5S. The lowest BCUT2D eigenvalue weighted by Crippen LogP contribution is -2.52. The van der Waals surface area contributed by atoms with E-state index in [0.717, 1.165) is 4.31 Å². The van der Waals surface area contributed by atoms with Gasteiger partial charge in [-0.05, 0) is 19.8 Å². The molecule has 8 heteroatoms. The van der Waals surface area contributed by atoms with Crippen LogP contribution in [-0.4, -0.2) is 67.5 Å². The molecule has 0 bridgehead atoms. The van der Waals surface area contributed by atoms with E-state index in [1.165, 1.54) is 18.5 Å². The predicted octanol–water partition coefficient (Wildman–Crippen LogP) is -0.427. The van der Waals surface area contributed by atoms with E-state index < -0.39 is 21.8 Å². The van der Waals surface area contributed by atoms with Crippen LogP contribution >= 0.6 is 0 Å². The third-order valence-electron chi connectivity index (χ3n) is 3.22. The lowest BCUT2D eigenvalue weighted by molar-refractivity contribution is -0.140. The van der Waals surface area contributed by atoms with Crippen molar-refractivity contribution in [3.63, 3.8) is 0 Å². The highest BCUT2D eigenvalue weighted by molar-refractivity contribution is 7.86. The third-order valence-corrected chi connectivity index (χ3v) is 5.15. The van der Waals surface area contributed by atoms with E-state index in [1.807, 2.05) is 0 Å². The first-order chi connectivity index (χ1) is 8.69. The summed E-state index contributed by atoms with van der Waals surface area (Å²) in [5.74, 6) is -0.451. The van der Waals surface area contributed by atoms with Gasteiger partial charge in [-0.2, -0.15) is 17.0 Å². The Kier molecular flexibility index (Phi) is 5.31. The average Bonchev–Trinajstić information content (AvgIpc) is 2.34.